The summed E-state index contributed by atoms with van der Waals surface area (Å²) in [6.07, 6.45) is 4.28. The number of allylic oxidation sites excluding steroid dienone is 1. The van der Waals surface area contributed by atoms with Crippen LogP contribution in [0.2, 0.25) is 0 Å². The van der Waals surface area contributed by atoms with Crippen molar-refractivity contribution < 1.29 is 9.53 Å². The first-order valence-corrected chi connectivity index (χ1v) is 4.09. The second-order valence-corrected chi connectivity index (χ2v) is 3.21. The average Bonchev–Trinajstić information content (AvgIpc) is 2.05. The number of methoxy groups -OCH3 is 1. The van der Waals surface area contributed by atoms with Crippen LogP contribution in [0.25, 0.3) is 0 Å². The topological polar surface area (TPSA) is 26.3 Å². The van der Waals surface area contributed by atoms with Gasteiger partial charge in [-0.15, -0.1) is 11.6 Å². The molecule has 0 heterocycles. The lowest BCUT2D eigenvalue weighted by atomic mass is 9.99. The maximum Gasteiger partial charge on any atom is 0.333 e. The van der Waals surface area contributed by atoms with Gasteiger partial charge in [0.1, 0.15) is 0 Å². The molecular weight excluding hydrogens is 164 g/mol. The number of carbonyl (C=O) groups excluding carboxylic acids is 1. The van der Waals surface area contributed by atoms with E-state index in [1.54, 1.807) is 0 Å². The lowest BCUT2D eigenvalue weighted by molar-refractivity contribution is -0.136. The Hall–Kier alpha value is -0.500. The van der Waals surface area contributed by atoms with E-state index in [9.17, 15) is 4.79 Å². The molecule has 0 N–H and O–H groups in total. The van der Waals surface area contributed by atoms with Gasteiger partial charge in [0.15, 0.2) is 0 Å². The van der Waals surface area contributed by atoms with Gasteiger partial charge in [-0.3, -0.25) is 0 Å². The summed E-state index contributed by atoms with van der Waals surface area (Å²) in [5.41, 5.74) is 0.768. The van der Waals surface area contributed by atoms with Crippen LogP contribution >= 0.6 is 11.6 Å². The summed E-state index contributed by atoms with van der Waals surface area (Å²) >= 11 is 5.83. The Bertz CT molecular complexity index is 187. The maximum atomic E-state index is 10.9. The highest BCUT2D eigenvalue weighted by Crippen LogP contribution is 2.22. The van der Waals surface area contributed by atoms with Crippen molar-refractivity contribution in [2.75, 3.05) is 7.11 Å². The van der Waals surface area contributed by atoms with E-state index in [4.69, 9.17) is 11.6 Å². The quantitative estimate of drug-likeness (QED) is 0.448. The molecule has 0 amide bonds. The van der Waals surface area contributed by atoms with Crippen molar-refractivity contribution in [1.29, 1.82) is 0 Å². The molecule has 62 valence electrons. The Morgan fingerprint density at radius 3 is 3.00 bits per heavy atom. The Labute approximate surface area is 71.2 Å². The number of alkyl halides is 1. The van der Waals surface area contributed by atoms with Crippen molar-refractivity contribution in [3.8, 4) is 0 Å². The summed E-state index contributed by atoms with van der Waals surface area (Å²) < 4.78 is 4.57. The molecule has 11 heavy (non-hydrogen) atoms. The van der Waals surface area contributed by atoms with Gasteiger partial charge in [-0.05, 0) is 19.3 Å². The minimum absolute atomic E-state index is 0.198. The summed E-state index contributed by atoms with van der Waals surface area (Å²) in [5, 5.41) is 0.198. The highest BCUT2D eigenvalue weighted by atomic mass is 35.5. The van der Waals surface area contributed by atoms with Gasteiger partial charge in [0.2, 0.25) is 0 Å². The summed E-state index contributed by atoms with van der Waals surface area (Å²) in [5.74, 6) is -0.214. The lowest BCUT2D eigenvalue weighted by Gasteiger charge is -2.14. The van der Waals surface area contributed by atoms with Gasteiger partial charge in [0.05, 0.1) is 7.11 Å². The van der Waals surface area contributed by atoms with Gasteiger partial charge in [0.25, 0.3) is 0 Å². The Morgan fingerprint density at radius 2 is 2.55 bits per heavy atom. The largest absolute Gasteiger partial charge is 0.466 e. The van der Waals surface area contributed by atoms with Crippen molar-refractivity contribution in [2.45, 2.75) is 24.6 Å². The first-order valence-electron chi connectivity index (χ1n) is 3.65. The van der Waals surface area contributed by atoms with Crippen molar-refractivity contribution >= 4 is 17.6 Å². The van der Waals surface area contributed by atoms with Crippen molar-refractivity contribution in [3.63, 3.8) is 0 Å². The molecule has 2 nitrogen and oxygen atoms in total. The van der Waals surface area contributed by atoms with E-state index in [0.29, 0.717) is 0 Å². The molecule has 0 aromatic heterocycles. The zero-order valence-corrected chi connectivity index (χ0v) is 7.23. The zero-order valence-electron chi connectivity index (χ0n) is 6.47. The van der Waals surface area contributed by atoms with E-state index in [-0.39, 0.29) is 11.3 Å². The van der Waals surface area contributed by atoms with E-state index >= 15 is 0 Å². The maximum absolute atomic E-state index is 10.9. The third-order valence-corrected chi connectivity index (χ3v) is 2.19. The predicted molar refractivity (Wildman–Crippen MR) is 43.6 cm³/mol. The summed E-state index contributed by atoms with van der Waals surface area (Å²) in [7, 11) is 1.40. The molecule has 3 heteroatoms. The van der Waals surface area contributed by atoms with Crippen molar-refractivity contribution in [1.82, 2.24) is 0 Å². The third-order valence-electron chi connectivity index (χ3n) is 1.79. The van der Waals surface area contributed by atoms with Crippen molar-refractivity contribution in [3.05, 3.63) is 11.6 Å². The Morgan fingerprint density at radius 1 is 1.82 bits per heavy atom. The second-order valence-electron chi connectivity index (χ2n) is 2.59. The lowest BCUT2D eigenvalue weighted by Crippen LogP contribution is -2.12. The highest BCUT2D eigenvalue weighted by Gasteiger charge is 2.16. The van der Waals surface area contributed by atoms with Gasteiger partial charge in [0, 0.05) is 11.0 Å². The number of halogens is 1. The molecule has 1 unspecified atom stereocenters. The summed E-state index contributed by atoms with van der Waals surface area (Å²) in [4.78, 5) is 10.9. The summed E-state index contributed by atoms with van der Waals surface area (Å²) in [6.45, 7) is 0. The Kier molecular flexibility index (Phi) is 2.94. The van der Waals surface area contributed by atoms with E-state index < -0.39 is 0 Å². The monoisotopic (exact) mass is 174 g/mol. The first-order chi connectivity index (χ1) is 5.24. The van der Waals surface area contributed by atoms with Crippen LogP contribution in [0.3, 0.4) is 0 Å². The number of esters is 1. The number of hydrogen-bond donors (Lipinski definition) is 0. The first kappa shape index (κ1) is 8.60. The van der Waals surface area contributed by atoms with E-state index in [0.717, 1.165) is 24.8 Å². The zero-order chi connectivity index (χ0) is 8.27. The molecule has 0 aromatic rings. The molecule has 1 atom stereocenters. The third kappa shape index (κ3) is 2.22. The predicted octanol–water partition coefficient (Wildman–Crippen LogP) is 1.88. The molecule has 0 aromatic carbocycles. The molecule has 0 bridgehead atoms. The molecule has 0 radical (unpaired) electrons. The molecule has 0 aliphatic heterocycles. The molecular formula is C8H11ClO2. The minimum atomic E-state index is -0.214. The number of hydrogen-bond acceptors (Lipinski definition) is 2. The van der Waals surface area contributed by atoms with Gasteiger partial charge in [-0.2, -0.15) is 0 Å². The van der Waals surface area contributed by atoms with Crippen LogP contribution in [0, 0.1) is 0 Å². The van der Waals surface area contributed by atoms with Crippen LogP contribution in [0.1, 0.15) is 19.3 Å². The molecule has 1 aliphatic carbocycles. The van der Waals surface area contributed by atoms with Crippen LogP contribution in [-0.2, 0) is 9.53 Å². The van der Waals surface area contributed by atoms with Crippen molar-refractivity contribution in [2.24, 2.45) is 0 Å². The van der Waals surface area contributed by atoms with Gasteiger partial charge < -0.3 is 4.74 Å². The fraction of sp³-hybridized carbons (Fsp3) is 0.625. The van der Waals surface area contributed by atoms with E-state index in [1.807, 2.05) is 6.08 Å². The normalized spacial score (nSPS) is 24.2. The van der Waals surface area contributed by atoms with Crippen LogP contribution in [0.4, 0.5) is 0 Å². The van der Waals surface area contributed by atoms with Gasteiger partial charge in [-0.25, -0.2) is 4.79 Å². The SMILES string of the molecule is COC(=O)C1=CCC(Cl)CC1. The van der Waals surface area contributed by atoms with Crippen LogP contribution in [-0.4, -0.2) is 18.5 Å². The number of carbonyl (C=O) groups is 1. The molecule has 1 rings (SSSR count). The van der Waals surface area contributed by atoms with Crippen LogP contribution in [0.5, 0.6) is 0 Å². The molecule has 0 spiro atoms. The van der Waals surface area contributed by atoms with E-state index in [2.05, 4.69) is 4.74 Å². The van der Waals surface area contributed by atoms with Gasteiger partial charge in [-0.1, -0.05) is 6.08 Å². The molecule has 0 saturated carbocycles. The van der Waals surface area contributed by atoms with Crippen LogP contribution < -0.4 is 0 Å². The highest BCUT2D eigenvalue weighted by molar-refractivity contribution is 6.20. The average molecular weight is 175 g/mol. The van der Waals surface area contributed by atoms with Gasteiger partial charge >= 0.3 is 5.97 Å². The summed E-state index contributed by atoms with van der Waals surface area (Å²) in [6, 6.07) is 0. The molecule has 0 saturated heterocycles. The fourth-order valence-corrected chi connectivity index (χ4v) is 1.32. The minimum Gasteiger partial charge on any atom is -0.466 e. The number of ether oxygens (including phenoxy) is 1. The Balaban J connectivity index is 2.54. The molecule has 0 fully saturated rings. The van der Waals surface area contributed by atoms with Crippen LogP contribution in [0.15, 0.2) is 11.6 Å². The standard InChI is InChI=1S/C8H11ClO2/c1-11-8(10)6-2-4-7(9)5-3-6/h2,7H,3-5H2,1H3. The fourth-order valence-electron chi connectivity index (χ4n) is 1.12. The molecule has 1 aliphatic rings. The smallest absolute Gasteiger partial charge is 0.333 e. The number of rotatable bonds is 1. The second kappa shape index (κ2) is 3.77. The van der Waals surface area contributed by atoms with E-state index in [1.165, 1.54) is 7.11 Å².